The molecule has 0 unspecified atom stereocenters. The lowest BCUT2D eigenvalue weighted by molar-refractivity contribution is 0.102. The summed E-state index contributed by atoms with van der Waals surface area (Å²) in [6.45, 7) is 0. The van der Waals surface area contributed by atoms with Gasteiger partial charge in [0.15, 0.2) is 0 Å². The molecular formula is C12H8BrClFN3O. The molecule has 4 nitrogen and oxygen atoms in total. The fourth-order valence-electron chi connectivity index (χ4n) is 1.41. The standard InChI is InChI=1S/C12H8BrClFN3O/c13-6-1-2-9(15)10(3-6)18-12(19)8-4-7(16)5-17-11(8)14/h1-5H,16H2,(H,18,19). The van der Waals surface area contributed by atoms with Crippen LogP contribution in [-0.4, -0.2) is 10.9 Å². The van der Waals surface area contributed by atoms with Crippen LogP contribution in [0.4, 0.5) is 15.8 Å². The number of nitrogens with one attached hydrogen (secondary N) is 1. The SMILES string of the molecule is Nc1cnc(Cl)c(C(=O)Nc2cc(Br)ccc2F)c1. The summed E-state index contributed by atoms with van der Waals surface area (Å²) >= 11 is 8.99. The monoisotopic (exact) mass is 343 g/mol. The molecule has 0 aliphatic carbocycles. The Morgan fingerprint density at radius 3 is 2.89 bits per heavy atom. The zero-order valence-electron chi connectivity index (χ0n) is 9.45. The highest BCUT2D eigenvalue weighted by Gasteiger charge is 2.14. The Bertz CT molecular complexity index is 651. The third kappa shape index (κ3) is 3.21. The minimum absolute atomic E-state index is 0.00195. The van der Waals surface area contributed by atoms with Crippen molar-refractivity contribution in [2.24, 2.45) is 0 Å². The maximum atomic E-state index is 13.5. The second-order valence-electron chi connectivity index (χ2n) is 3.69. The van der Waals surface area contributed by atoms with Gasteiger partial charge < -0.3 is 11.1 Å². The number of carbonyl (C=O) groups excluding carboxylic acids is 1. The molecule has 7 heteroatoms. The van der Waals surface area contributed by atoms with Gasteiger partial charge >= 0.3 is 0 Å². The third-order valence-corrected chi connectivity index (χ3v) is 3.08. The minimum Gasteiger partial charge on any atom is -0.397 e. The topological polar surface area (TPSA) is 68.0 Å². The van der Waals surface area contributed by atoms with Crippen molar-refractivity contribution < 1.29 is 9.18 Å². The van der Waals surface area contributed by atoms with Crippen LogP contribution >= 0.6 is 27.5 Å². The van der Waals surface area contributed by atoms with Crippen molar-refractivity contribution in [3.05, 3.63) is 51.5 Å². The fraction of sp³-hybridized carbons (Fsp3) is 0. The fourth-order valence-corrected chi connectivity index (χ4v) is 1.96. The Balaban J connectivity index is 2.30. The van der Waals surface area contributed by atoms with Gasteiger partial charge in [0, 0.05) is 4.47 Å². The van der Waals surface area contributed by atoms with Crippen LogP contribution in [0.1, 0.15) is 10.4 Å². The lowest BCUT2D eigenvalue weighted by Crippen LogP contribution is -2.14. The summed E-state index contributed by atoms with van der Waals surface area (Å²) in [6.07, 6.45) is 1.33. The summed E-state index contributed by atoms with van der Waals surface area (Å²) in [5, 5.41) is 2.41. The van der Waals surface area contributed by atoms with Gasteiger partial charge in [-0.3, -0.25) is 4.79 Å². The van der Waals surface area contributed by atoms with E-state index >= 15 is 0 Å². The molecular weight excluding hydrogens is 337 g/mol. The van der Waals surface area contributed by atoms with Crippen molar-refractivity contribution >= 4 is 44.8 Å². The number of hydrogen-bond acceptors (Lipinski definition) is 3. The molecule has 1 aromatic carbocycles. The van der Waals surface area contributed by atoms with E-state index in [1.54, 1.807) is 0 Å². The number of aromatic nitrogens is 1. The van der Waals surface area contributed by atoms with Gasteiger partial charge in [0.25, 0.3) is 5.91 Å². The van der Waals surface area contributed by atoms with Crippen molar-refractivity contribution in [3.8, 4) is 0 Å². The molecule has 0 atom stereocenters. The number of amides is 1. The molecule has 0 radical (unpaired) electrons. The number of anilines is 2. The van der Waals surface area contributed by atoms with Crippen LogP contribution in [0.2, 0.25) is 5.15 Å². The lowest BCUT2D eigenvalue weighted by Gasteiger charge is -2.08. The summed E-state index contributed by atoms with van der Waals surface area (Å²) < 4.78 is 14.2. The van der Waals surface area contributed by atoms with Crippen molar-refractivity contribution in [2.45, 2.75) is 0 Å². The number of rotatable bonds is 2. The van der Waals surface area contributed by atoms with Crippen molar-refractivity contribution in [2.75, 3.05) is 11.1 Å². The number of carbonyl (C=O) groups is 1. The van der Waals surface area contributed by atoms with Gasteiger partial charge in [-0.1, -0.05) is 27.5 Å². The van der Waals surface area contributed by atoms with E-state index < -0.39 is 11.7 Å². The molecule has 0 fully saturated rings. The summed E-state index contributed by atoms with van der Waals surface area (Å²) in [5.41, 5.74) is 5.95. The predicted molar refractivity (Wildman–Crippen MR) is 75.7 cm³/mol. The molecule has 98 valence electrons. The average molecular weight is 345 g/mol. The molecule has 2 aromatic rings. The number of nitrogen functional groups attached to an aromatic ring is 1. The van der Waals surface area contributed by atoms with Crippen LogP contribution in [0.3, 0.4) is 0 Å². The van der Waals surface area contributed by atoms with Crippen LogP contribution < -0.4 is 11.1 Å². The number of pyridine rings is 1. The van der Waals surface area contributed by atoms with E-state index in [1.165, 1.54) is 30.5 Å². The van der Waals surface area contributed by atoms with Gasteiger partial charge in [-0.15, -0.1) is 0 Å². The summed E-state index contributed by atoms with van der Waals surface area (Å²) in [6, 6.07) is 5.58. The van der Waals surface area contributed by atoms with Gasteiger partial charge in [-0.2, -0.15) is 0 Å². The second kappa shape index (κ2) is 5.54. The van der Waals surface area contributed by atoms with Gasteiger partial charge in [0.05, 0.1) is 23.1 Å². The van der Waals surface area contributed by atoms with Crippen LogP contribution in [0.25, 0.3) is 0 Å². The molecule has 1 aromatic heterocycles. The largest absolute Gasteiger partial charge is 0.397 e. The van der Waals surface area contributed by atoms with Crippen LogP contribution in [0.15, 0.2) is 34.9 Å². The molecule has 0 aliphatic rings. The first-order valence-corrected chi connectivity index (χ1v) is 6.32. The molecule has 0 bridgehead atoms. The van der Waals surface area contributed by atoms with Crippen LogP contribution in [0.5, 0.6) is 0 Å². The summed E-state index contributed by atoms with van der Waals surface area (Å²) in [7, 11) is 0. The van der Waals surface area contributed by atoms with E-state index in [1.807, 2.05) is 0 Å². The maximum absolute atomic E-state index is 13.5. The van der Waals surface area contributed by atoms with Crippen molar-refractivity contribution in [3.63, 3.8) is 0 Å². The molecule has 1 amide bonds. The van der Waals surface area contributed by atoms with Crippen LogP contribution in [0, 0.1) is 5.82 Å². The normalized spacial score (nSPS) is 10.3. The van der Waals surface area contributed by atoms with Crippen LogP contribution in [-0.2, 0) is 0 Å². The van der Waals surface area contributed by atoms with Gasteiger partial charge in [0.1, 0.15) is 11.0 Å². The zero-order valence-corrected chi connectivity index (χ0v) is 11.8. The number of halogens is 3. The molecule has 2 rings (SSSR count). The first-order valence-electron chi connectivity index (χ1n) is 5.15. The smallest absolute Gasteiger partial charge is 0.258 e. The number of nitrogens with zero attached hydrogens (tertiary/aromatic N) is 1. The summed E-state index contributed by atoms with van der Waals surface area (Å²) in [5.74, 6) is -1.13. The molecule has 1 heterocycles. The number of nitrogens with two attached hydrogens (primary N) is 1. The Morgan fingerprint density at radius 1 is 1.42 bits per heavy atom. The Hall–Kier alpha value is -1.66. The summed E-state index contributed by atoms with van der Waals surface area (Å²) in [4.78, 5) is 15.7. The van der Waals surface area contributed by atoms with E-state index in [0.717, 1.165) is 0 Å². The lowest BCUT2D eigenvalue weighted by atomic mass is 10.2. The van der Waals surface area contributed by atoms with E-state index in [4.69, 9.17) is 17.3 Å². The van der Waals surface area contributed by atoms with E-state index in [0.29, 0.717) is 10.2 Å². The first kappa shape index (κ1) is 13.8. The second-order valence-corrected chi connectivity index (χ2v) is 4.96. The van der Waals surface area contributed by atoms with Gasteiger partial charge in [-0.05, 0) is 24.3 Å². The number of benzene rings is 1. The predicted octanol–water partition coefficient (Wildman–Crippen LogP) is 3.47. The Kier molecular flexibility index (Phi) is 4.01. The molecule has 19 heavy (non-hydrogen) atoms. The van der Waals surface area contributed by atoms with E-state index in [9.17, 15) is 9.18 Å². The molecule has 0 saturated heterocycles. The molecule has 0 spiro atoms. The Labute approximate surface area is 121 Å². The Morgan fingerprint density at radius 2 is 2.16 bits per heavy atom. The van der Waals surface area contributed by atoms with Gasteiger partial charge in [0.2, 0.25) is 0 Å². The van der Waals surface area contributed by atoms with Crippen molar-refractivity contribution in [1.82, 2.24) is 4.98 Å². The highest BCUT2D eigenvalue weighted by molar-refractivity contribution is 9.10. The molecule has 0 aliphatic heterocycles. The number of hydrogen-bond donors (Lipinski definition) is 2. The molecule has 0 saturated carbocycles. The zero-order chi connectivity index (χ0) is 14.0. The highest BCUT2D eigenvalue weighted by atomic mass is 79.9. The van der Waals surface area contributed by atoms with E-state index in [-0.39, 0.29) is 16.4 Å². The van der Waals surface area contributed by atoms with E-state index in [2.05, 4.69) is 26.2 Å². The van der Waals surface area contributed by atoms with Crippen molar-refractivity contribution in [1.29, 1.82) is 0 Å². The average Bonchev–Trinajstić information content (AvgIpc) is 2.36. The molecule has 3 N–H and O–H groups in total. The highest BCUT2D eigenvalue weighted by Crippen LogP contribution is 2.22. The van der Waals surface area contributed by atoms with Gasteiger partial charge in [-0.25, -0.2) is 9.37 Å². The maximum Gasteiger partial charge on any atom is 0.258 e. The quantitative estimate of drug-likeness (QED) is 0.820. The third-order valence-electron chi connectivity index (χ3n) is 2.28. The first-order chi connectivity index (χ1) is 8.97. The minimum atomic E-state index is -0.582.